The average molecular weight is 370 g/mol. The minimum absolute atomic E-state index is 0.0631. The van der Waals surface area contributed by atoms with Gasteiger partial charge in [0.1, 0.15) is 5.52 Å². The molecule has 0 bridgehead atoms. The van der Waals surface area contributed by atoms with Crippen LogP contribution < -0.4 is 4.73 Å². The van der Waals surface area contributed by atoms with Crippen molar-refractivity contribution >= 4 is 33.7 Å². The van der Waals surface area contributed by atoms with Gasteiger partial charge in [-0.3, -0.25) is 10.1 Å². The molecule has 3 rings (SSSR count). The van der Waals surface area contributed by atoms with Crippen molar-refractivity contribution in [1.82, 2.24) is 9.88 Å². The van der Waals surface area contributed by atoms with Crippen LogP contribution in [0, 0.1) is 15.3 Å². The van der Waals surface area contributed by atoms with Gasteiger partial charge in [-0.05, 0) is 32.6 Å². The van der Waals surface area contributed by atoms with Crippen LogP contribution in [0.3, 0.4) is 0 Å². The molecule has 0 radical (unpaired) electrons. The second-order valence-electron chi connectivity index (χ2n) is 6.30. The Morgan fingerprint density at radius 3 is 2.74 bits per heavy atom. The van der Waals surface area contributed by atoms with Gasteiger partial charge in [-0.15, -0.1) is 0 Å². The van der Waals surface area contributed by atoms with Crippen molar-refractivity contribution < 1.29 is 19.2 Å². The fraction of sp³-hybridized carbons (Fsp3) is 0.278. The third-order valence-electron chi connectivity index (χ3n) is 4.06. The highest BCUT2D eigenvalue weighted by Gasteiger charge is 2.21. The lowest BCUT2D eigenvalue weighted by Gasteiger charge is -2.11. The fourth-order valence-electron chi connectivity index (χ4n) is 2.73. The van der Waals surface area contributed by atoms with E-state index in [2.05, 4.69) is 4.98 Å². The lowest BCUT2D eigenvalue weighted by molar-refractivity contribution is -0.548. The van der Waals surface area contributed by atoms with E-state index in [1.54, 1.807) is 12.1 Å². The number of benzene rings is 2. The molecule has 3 aromatic rings. The number of nitrogens with zero attached hydrogens (tertiary/aromatic N) is 4. The van der Waals surface area contributed by atoms with Gasteiger partial charge in [-0.1, -0.05) is 6.07 Å². The first-order chi connectivity index (χ1) is 12.9. The number of nitro groups is 1. The Morgan fingerprint density at radius 2 is 2.04 bits per heavy atom. The Labute approximate surface area is 154 Å². The average Bonchev–Trinajstić information content (AvgIpc) is 2.64. The molecule has 9 nitrogen and oxygen atoms in total. The molecule has 0 aliphatic carbocycles. The second-order valence-corrected chi connectivity index (χ2v) is 6.30. The summed E-state index contributed by atoms with van der Waals surface area (Å²) in [7, 11) is 3.86. The number of hydrogen-bond acceptors (Lipinski definition) is 7. The number of hydrogen-bond donors (Lipinski definition) is 0. The van der Waals surface area contributed by atoms with Crippen molar-refractivity contribution in [3.8, 4) is 0 Å². The minimum Gasteiger partial charge on any atom is -0.618 e. The van der Waals surface area contributed by atoms with Gasteiger partial charge in [0, 0.05) is 18.7 Å². The van der Waals surface area contributed by atoms with Crippen LogP contribution in [0.2, 0.25) is 0 Å². The van der Waals surface area contributed by atoms with Crippen molar-refractivity contribution in [3.63, 3.8) is 0 Å². The number of nitro benzene ring substituents is 1. The molecule has 0 spiro atoms. The van der Waals surface area contributed by atoms with Gasteiger partial charge in [0.05, 0.1) is 23.2 Å². The summed E-state index contributed by atoms with van der Waals surface area (Å²) in [6.45, 7) is 1.04. The van der Waals surface area contributed by atoms with Crippen molar-refractivity contribution in [2.24, 2.45) is 0 Å². The van der Waals surface area contributed by atoms with E-state index in [-0.39, 0.29) is 39.9 Å². The zero-order valence-electron chi connectivity index (χ0n) is 14.9. The molecule has 27 heavy (non-hydrogen) atoms. The first-order valence-electron chi connectivity index (χ1n) is 8.31. The van der Waals surface area contributed by atoms with E-state index in [0.717, 1.165) is 6.54 Å². The summed E-state index contributed by atoms with van der Waals surface area (Å²) in [6.07, 6.45) is 0.686. The first-order valence-corrected chi connectivity index (χ1v) is 8.31. The van der Waals surface area contributed by atoms with Gasteiger partial charge in [0.15, 0.2) is 5.52 Å². The normalized spacial score (nSPS) is 11.2. The van der Waals surface area contributed by atoms with E-state index >= 15 is 0 Å². The molecule has 0 aliphatic heterocycles. The first kappa shape index (κ1) is 18.5. The van der Waals surface area contributed by atoms with Crippen LogP contribution in [0.4, 0.5) is 5.69 Å². The monoisotopic (exact) mass is 370 g/mol. The molecule has 0 atom stereocenters. The maximum absolute atomic E-state index is 12.7. The molecule has 140 valence electrons. The largest absolute Gasteiger partial charge is 0.618 e. The number of carbonyl (C=O) groups is 1. The highest BCUT2D eigenvalue weighted by Crippen LogP contribution is 2.22. The fourth-order valence-corrected chi connectivity index (χ4v) is 2.73. The smallest absolute Gasteiger partial charge is 0.340 e. The molecule has 9 heteroatoms. The van der Waals surface area contributed by atoms with E-state index in [1.807, 2.05) is 19.0 Å². The van der Waals surface area contributed by atoms with Crippen molar-refractivity contribution in [1.29, 1.82) is 0 Å². The number of aromatic nitrogens is 2. The number of non-ortho nitro benzene ring substituents is 1. The zero-order chi connectivity index (χ0) is 19.6. The van der Waals surface area contributed by atoms with Gasteiger partial charge in [-0.25, -0.2) is 9.78 Å². The van der Waals surface area contributed by atoms with Crippen LogP contribution in [-0.4, -0.2) is 48.0 Å². The predicted molar refractivity (Wildman–Crippen MR) is 98.3 cm³/mol. The quantitative estimate of drug-likeness (QED) is 0.124. The van der Waals surface area contributed by atoms with Crippen LogP contribution in [0.1, 0.15) is 16.8 Å². The molecule has 1 heterocycles. The summed E-state index contributed by atoms with van der Waals surface area (Å²) < 4.78 is 5.83. The number of carbonyl (C=O) groups excluding carboxylic acids is 1. The molecule has 0 saturated carbocycles. The highest BCUT2D eigenvalue weighted by molar-refractivity contribution is 6.02. The molecule has 2 aromatic carbocycles. The standard InChI is InChI=1S/C18H18N4O5/c1-20(2)9-4-10-27-18(23)13-5-3-6-15-17(13)19-14-8-7-12(22(25)26)11-16(14)21(15)24/h3,5-8,11H,4,9-10H2,1-2H3. The SMILES string of the molecule is CN(C)CCCOC(=O)c1cccc2c1nc1ccc([N+](=O)[O-])cc1[n+]2[O-]. The van der Waals surface area contributed by atoms with Crippen molar-refractivity contribution in [3.05, 3.63) is 57.3 Å². The second kappa shape index (κ2) is 7.50. The van der Waals surface area contributed by atoms with Crippen LogP contribution in [0.25, 0.3) is 22.1 Å². The molecular formula is C18H18N4O5. The number of rotatable bonds is 6. The predicted octanol–water partition coefficient (Wildman–Crippen LogP) is 2.04. The summed E-state index contributed by atoms with van der Waals surface area (Å²) in [4.78, 5) is 29.1. The molecule has 0 aliphatic rings. The summed E-state index contributed by atoms with van der Waals surface area (Å²) in [5.41, 5.74) is 0.647. The Morgan fingerprint density at radius 1 is 1.26 bits per heavy atom. The molecule has 0 fully saturated rings. The van der Waals surface area contributed by atoms with Crippen LogP contribution in [0.15, 0.2) is 36.4 Å². The van der Waals surface area contributed by atoms with E-state index in [9.17, 15) is 20.1 Å². The maximum atomic E-state index is 12.7. The Kier molecular flexibility index (Phi) is 5.13. The third-order valence-corrected chi connectivity index (χ3v) is 4.06. The van der Waals surface area contributed by atoms with Crippen LogP contribution in [-0.2, 0) is 4.74 Å². The topological polar surface area (TPSA) is 113 Å². The Hall–Kier alpha value is -3.33. The summed E-state index contributed by atoms with van der Waals surface area (Å²) in [6, 6.07) is 8.43. The van der Waals surface area contributed by atoms with Crippen molar-refractivity contribution in [2.45, 2.75) is 6.42 Å². The molecule has 0 saturated heterocycles. The van der Waals surface area contributed by atoms with Crippen LogP contribution in [0.5, 0.6) is 0 Å². The van der Waals surface area contributed by atoms with Crippen LogP contribution >= 0.6 is 0 Å². The zero-order valence-corrected chi connectivity index (χ0v) is 14.9. The Balaban J connectivity index is 2.00. The van der Waals surface area contributed by atoms with Gasteiger partial charge >= 0.3 is 5.97 Å². The lowest BCUT2D eigenvalue weighted by atomic mass is 10.1. The summed E-state index contributed by atoms with van der Waals surface area (Å²) in [5.74, 6) is -0.562. The number of ether oxygens (including phenoxy) is 1. The molecule has 1 aromatic heterocycles. The maximum Gasteiger partial charge on any atom is 0.340 e. The van der Waals surface area contributed by atoms with Gasteiger partial charge in [-0.2, -0.15) is 4.73 Å². The number of para-hydroxylation sites is 1. The van der Waals surface area contributed by atoms with Crippen molar-refractivity contribution in [2.75, 3.05) is 27.2 Å². The summed E-state index contributed by atoms with van der Waals surface area (Å²) in [5, 5.41) is 23.6. The molecule has 0 amide bonds. The third kappa shape index (κ3) is 3.77. The van der Waals surface area contributed by atoms with E-state index in [1.165, 1.54) is 24.3 Å². The van der Waals surface area contributed by atoms with Gasteiger partial charge in [0.2, 0.25) is 11.0 Å². The van der Waals surface area contributed by atoms with E-state index in [0.29, 0.717) is 11.2 Å². The summed E-state index contributed by atoms with van der Waals surface area (Å²) >= 11 is 0. The number of fused-ring (bicyclic) bond motifs is 2. The van der Waals surface area contributed by atoms with Gasteiger partial charge in [0.25, 0.3) is 5.69 Å². The van der Waals surface area contributed by atoms with Gasteiger partial charge < -0.3 is 14.8 Å². The Bertz CT molecular complexity index is 1040. The molecule has 0 unspecified atom stereocenters. The number of esters is 1. The molecule has 0 N–H and O–H groups in total. The van der Waals surface area contributed by atoms with E-state index in [4.69, 9.17) is 4.74 Å². The molecular weight excluding hydrogens is 352 g/mol. The highest BCUT2D eigenvalue weighted by atomic mass is 16.6. The minimum atomic E-state index is -0.578. The van der Waals surface area contributed by atoms with E-state index < -0.39 is 10.9 Å². The lowest BCUT2D eigenvalue weighted by Crippen LogP contribution is -2.29.